The molecule has 0 heterocycles. The number of hydrogen-bond acceptors (Lipinski definition) is 2. The van der Waals surface area contributed by atoms with E-state index in [0.717, 1.165) is 24.8 Å². The summed E-state index contributed by atoms with van der Waals surface area (Å²) in [5.41, 5.74) is 0.507. The summed E-state index contributed by atoms with van der Waals surface area (Å²) in [6.07, 6.45) is 4.25. The van der Waals surface area contributed by atoms with Gasteiger partial charge in [-0.25, -0.2) is 0 Å². The van der Waals surface area contributed by atoms with E-state index in [1.54, 1.807) is 26.8 Å². The van der Waals surface area contributed by atoms with E-state index >= 15 is 0 Å². The van der Waals surface area contributed by atoms with Gasteiger partial charge in [0.25, 0.3) is 0 Å². The minimum absolute atomic E-state index is 0.0979. The molecule has 0 aliphatic carbocycles. The van der Waals surface area contributed by atoms with Crippen LogP contribution in [0.5, 0.6) is 0 Å². The van der Waals surface area contributed by atoms with E-state index in [2.05, 4.69) is 0 Å². The molecule has 0 radical (unpaired) electrons. The highest BCUT2D eigenvalue weighted by Crippen LogP contribution is 2.15. The zero-order valence-corrected chi connectivity index (χ0v) is 9.05. The molecule has 0 bridgehead atoms. The number of rotatable bonds is 5. The molecule has 0 aliphatic heterocycles. The molecule has 0 fully saturated rings. The van der Waals surface area contributed by atoms with Crippen molar-refractivity contribution in [3.05, 3.63) is 11.6 Å². The van der Waals surface area contributed by atoms with E-state index in [0.29, 0.717) is 0 Å². The van der Waals surface area contributed by atoms with Gasteiger partial charge in [0.15, 0.2) is 5.78 Å². The van der Waals surface area contributed by atoms with Crippen LogP contribution in [0.3, 0.4) is 0 Å². The van der Waals surface area contributed by atoms with Gasteiger partial charge in [0.1, 0.15) is 0 Å². The minimum atomic E-state index is -0.587. The summed E-state index contributed by atoms with van der Waals surface area (Å²) in [6.45, 7) is 7.11. The number of carbonyl (C=O) groups is 1. The largest absolute Gasteiger partial charge is 0.390 e. The fraction of sp³-hybridized carbons (Fsp3) is 0.727. The van der Waals surface area contributed by atoms with E-state index in [1.165, 1.54) is 0 Å². The molecule has 0 amide bonds. The SMILES string of the molecule is CC(=O)/C=C(\C)CCCC(C)(C)O. The van der Waals surface area contributed by atoms with Crippen LogP contribution in [-0.4, -0.2) is 16.5 Å². The van der Waals surface area contributed by atoms with Crippen LogP contribution in [0.1, 0.15) is 47.0 Å². The van der Waals surface area contributed by atoms with Crippen molar-refractivity contribution in [3.63, 3.8) is 0 Å². The molecule has 0 saturated carbocycles. The first-order valence-electron chi connectivity index (χ1n) is 4.71. The second-order valence-electron chi connectivity index (χ2n) is 4.27. The van der Waals surface area contributed by atoms with Crippen molar-refractivity contribution in [3.8, 4) is 0 Å². The normalized spacial score (nSPS) is 13.2. The number of allylic oxidation sites excluding steroid dienone is 2. The Bertz CT molecular complexity index is 197. The molecular formula is C11H20O2. The van der Waals surface area contributed by atoms with Crippen LogP contribution in [0.4, 0.5) is 0 Å². The van der Waals surface area contributed by atoms with Crippen LogP contribution >= 0.6 is 0 Å². The molecule has 0 aromatic carbocycles. The second kappa shape index (κ2) is 5.18. The van der Waals surface area contributed by atoms with Crippen molar-refractivity contribution in [1.29, 1.82) is 0 Å². The van der Waals surface area contributed by atoms with E-state index in [4.69, 9.17) is 0 Å². The van der Waals surface area contributed by atoms with Crippen molar-refractivity contribution < 1.29 is 9.90 Å². The first kappa shape index (κ1) is 12.4. The quantitative estimate of drug-likeness (QED) is 0.666. The van der Waals surface area contributed by atoms with Crippen LogP contribution < -0.4 is 0 Å². The average molecular weight is 184 g/mol. The first-order chi connectivity index (χ1) is 5.81. The smallest absolute Gasteiger partial charge is 0.152 e. The number of aliphatic hydroxyl groups is 1. The fourth-order valence-corrected chi connectivity index (χ4v) is 1.22. The molecule has 76 valence electrons. The summed E-state index contributed by atoms with van der Waals surface area (Å²) in [4.78, 5) is 10.7. The molecule has 0 saturated heterocycles. The summed E-state index contributed by atoms with van der Waals surface area (Å²) < 4.78 is 0. The van der Waals surface area contributed by atoms with Crippen molar-refractivity contribution in [2.45, 2.75) is 52.6 Å². The van der Waals surface area contributed by atoms with E-state index < -0.39 is 5.60 Å². The second-order valence-corrected chi connectivity index (χ2v) is 4.27. The van der Waals surface area contributed by atoms with Gasteiger partial charge >= 0.3 is 0 Å². The summed E-state index contributed by atoms with van der Waals surface area (Å²) >= 11 is 0. The lowest BCUT2D eigenvalue weighted by Crippen LogP contribution is -2.17. The monoisotopic (exact) mass is 184 g/mol. The predicted molar refractivity (Wildman–Crippen MR) is 54.6 cm³/mol. The van der Waals surface area contributed by atoms with E-state index in [9.17, 15) is 9.90 Å². The van der Waals surface area contributed by atoms with Gasteiger partial charge in [-0.2, -0.15) is 0 Å². The zero-order valence-electron chi connectivity index (χ0n) is 9.05. The number of carbonyl (C=O) groups excluding carboxylic acids is 1. The molecule has 0 atom stereocenters. The van der Waals surface area contributed by atoms with Crippen molar-refractivity contribution in [2.75, 3.05) is 0 Å². The van der Waals surface area contributed by atoms with Crippen LogP contribution in [0.25, 0.3) is 0 Å². The topological polar surface area (TPSA) is 37.3 Å². The van der Waals surface area contributed by atoms with Crippen molar-refractivity contribution in [2.24, 2.45) is 0 Å². The third kappa shape index (κ3) is 9.28. The summed E-state index contributed by atoms with van der Waals surface area (Å²) in [6, 6.07) is 0. The van der Waals surface area contributed by atoms with Crippen LogP contribution in [0.2, 0.25) is 0 Å². The molecule has 2 heteroatoms. The summed E-state index contributed by atoms with van der Waals surface area (Å²) in [5.74, 6) is 0.0979. The van der Waals surface area contributed by atoms with Gasteiger partial charge in [-0.1, -0.05) is 5.57 Å². The van der Waals surface area contributed by atoms with Gasteiger partial charge in [-0.3, -0.25) is 4.79 Å². The number of hydrogen-bond donors (Lipinski definition) is 1. The van der Waals surface area contributed by atoms with Crippen LogP contribution in [-0.2, 0) is 4.79 Å². The molecule has 2 nitrogen and oxygen atoms in total. The highest BCUT2D eigenvalue weighted by Gasteiger charge is 2.11. The van der Waals surface area contributed by atoms with Crippen LogP contribution in [0.15, 0.2) is 11.6 Å². The highest BCUT2D eigenvalue weighted by molar-refractivity contribution is 5.87. The fourth-order valence-electron chi connectivity index (χ4n) is 1.22. The highest BCUT2D eigenvalue weighted by atomic mass is 16.3. The predicted octanol–water partition coefficient (Wildman–Crippen LogP) is 2.46. The lowest BCUT2D eigenvalue weighted by atomic mass is 9.99. The van der Waals surface area contributed by atoms with Gasteiger partial charge in [0.05, 0.1) is 5.60 Å². The van der Waals surface area contributed by atoms with Crippen molar-refractivity contribution in [1.82, 2.24) is 0 Å². The third-order valence-electron chi connectivity index (χ3n) is 1.81. The Balaban J connectivity index is 3.72. The molecule has 0 spiro atoms. The molecule has 0 aromatic heterocycles. The Morgan fingerprint density at radius 3 is 2.31 bits per heavy atom. The maximum absolute atomic E-state index is 10.7. The van der Waals surface area contributed by atoms with Gasteiger partial charge < -0.3 is 5.11 Å². The Hall–Kier alpha value is -0.630. The molecular weight excluding hydrogens is 164 g/mol. The minimum Gasteiger partial charge on any atom is -0.390 e. The van der Waals surface area contributed by atoms with Gasteiger partial charge in [-0.05, 0) is 53.0 Å². The summed E-state index contributed by atoms with van der Waals surface area (Å²) in [5, 5.41) is 9.43. The lowest BCUT2D eigenvalue weighted by Gasteiger charge is -2.16. The first-order valence-corrected chi connectivity index (χ1v) is 4.71. The van der Waals surface area contributed by atoms with Crippen molar-refractivity contribution >= 4 is 5.78 Å². The van der Waals surface area contributed by atoms with Gasteiger partial charge in [0, 0.05) is 0 Å². The average Bonchev–Trinajstić information content (AvgIpc) is 1.81. The Morgan fingerprint density at radius 1 is 1.38 bits per heavy atom. The van der Waals surface area contributed by atoms with Crippen LogP contribution in [0, 0.1) is 0 Å². The standard InChI is InChI=1S/C11H20O2/c1-9(8-10(2)12)6-5-7-11(3,4)13/h8,13H,5-7H2,1-4H3/b9-8+. The maximum Gasteiger partial charge on any atom is 0.152 e. The molecule has 0 rings (SSSR count). The number of ketones is 1. The zero-order chi connectivity index (χ0) is 10.5. The summed E-state index contributed by atoms with van der Waals surface area (Å²) in [7, 11) is 0. The van der Waals surface area contributed by atoms with Gasteiger partial charge in [-0.15, -0.1) is 0 Å². The Morgan fingerprint density at radius 2 is 1.92 bits per heavy atom. The third-order valence-corrected chi connectivity index (χ3v) is 1.81. The molecule has 0 aliphatic rings. The van der Waals surface area contributed by atoms with Gasteiger partial charge in [0.2, 0.25) is 0 Å². The Kier molecular flexibility index (Phi) is 4.92. The molecule has 0 aromatic rings. The molecule has 1 N–H and O–H groups in total. The molecule has 13 heavy (non-hydrogen) atoms. The Labute approximate surface area is 80.7 Å². The molecule has 0 unspecified atom stereocenters. The maximum atomic E-state index is 10.7. The lowest BCUT2D eigenvalue weighted by molar-refractivity contribution is -0.112. The van der Waals surface area contributed by atoms with E-state index in [-0.39, 0.29) is 5.78 Å². The van der Waals surface area contributed by atoms with E-state index in [1.807, 2.05) is 6.92 Å².